The van der Waals surface area contributed by atoms with E-state index in [0.717, 1.165) is 6.42 Å². The largest absolute Gasteiger partial charge is 0.481 e. The van der Waals surface area contributed by atoms with Crippen molar-refractivity contribution < 1.29 is 9.90 Å². The molecule has 0 aliphatic heterocycles. The molecule has 0 amide bonds. The van der Waals surface area contributed by atoms with Crippen molar-refractivity contribution >= 4 is 5.97 Å². The Morgan fingerprint density at radius 1 is 0.682 bits per heavy atom. The molecule has 0 aromatic rings. The Labute approximate surface area is 137 Å². The maximum absolute atomic E-state index is 10.3. The van der Waals surface area contributed by atoms with Gasteiger partial charge in [0.25, 0.3) is 0 Å². The zero-order chi connectivity index (χ0) is 16.3. The van der Waals surface area contributed by atoms with Crippen molar-refractivity contribution in [3.05, 3.63) is 24.3 Å². The van der Waals surface area contributed by atoms with Gasteiger partial charge >= 0.3 is 5.97 Å². The Kier molecular flexibility index (Phi) is 17.1. The van der Waals surface area contributed by atoms with Gasteiger partial charge in [-0.05, 0) is 44.9 Å². The van der Waals surface area contributed by atoms with Crippen molar-refractivity contribution in [1.29, 1.82) is 0 Å². The van der Waals surface area contributed by atoms with Gasteiger partial charge in [0, 0.05) is 6.42 Å². The number of aliphatic carboxylic acids is 1. The number of unbranched alkanes of at least 4 members (excludes halogenated alkanes) is 10. The summed E-state index contributed by atoms with van der Waals surface area (Å²) in [5.74, 6) is -0.710. The first-order valence-electron chi connectivity index (χ1n) is 9.29. The maximum Gasteiger partial charge on any atom is 0.303 e. The third-order valence-corrected chi connectivity index (χ3v) is 3.82. The van der Waals surface area contributed by atoms with Gasteiger partial charge in [-0.25, -0.2) is 0 Å². The van der Waals surface area contributed by atoms with E-state index in [-0.39, 0.29) is 6.42 Å². The summed E-state index contributed by atoms with van der Waals surface area (Å²) in [5, 5.41) is 8.50. The fourth-order valence-corrected chi connectivity index (χ4v) is 2.42. The average molecular weight is 309 g/mol. The van der Waals surface area contributed by atoms with E-state index in [0.29, 0.717) is 6.42 Å². The van der Waals surface area contributed by atoms with Crippen molar-refractivity contribution in [2.24, 2.45) is 0 Å². The summed E-state index contributed by atoms with van der Waals surface area (Å²) in [4.78, 5) is 10.3. The van der Waals surface area contributed by atoms with Crippen LogP contribution in [0.3, 0.4) is 0 Å². The summed E-state index contributed by atoms with van der Waals surface area (Å²) >= 11 is 0. The van der Waals surface area contributed by atoms with Gasteiger partial charge in [0.2, 0.25) is 0 Å². The zero-order valence-electron chi connectivity index (χ0n) is 14.6. The minimum absolute atomic E-state index is 0.251. The van der Waals surface area contributed by atoms with Crippen LogP contribution in [0.1, 0.15) is 96.8 Å². The highest BCUT2D eigenvalue weighted by Gasteiger charge is 1.92. The van der Waals surface area contributed by atoms with Gasteiger partial charge in [-0.1, -0.05) is 69.8 Å². The van der Waals surface area contributed by atoms with E-state index in [1.165, 1.54) is 70.6 Å². The summed E-state index contributed by atoms with van der Waals surface area (Å²) in [6.45, 7) is 2.26. The molecular formula is C20H36O2. The van der Waals surface area contributed by atoms with E-state index in [2.05, 4.69) is 25.2 Å². The molecule has 2 heteroatoms. The van der Waals surface area contributed by atoms with Crippen molar-refractivity contribution in [3.63, 3.8) is 0 Å². The quantitative estimate of drug-likeness (QED) is 0.255. The number of rotatable bonds is 16. The van der Waals surface area contributed by atoms with Crippen molar-refractivity contribution in [1.82, 2.24) is 0 Å². The fraction of sp³-hybridized carbons (Fsp3) is 0.750. The van der Waals surface area contributed by atoms with E-state index in [4.69, 9.17) is 5.11 Å². The Hall–Kier alpha value is -1.05. The van der Waals surface area contributed by atoms with E-state index >= 15 is 0 Å². The third kappa shape index (κ3) is 18.9. The highest BCUT2D eigenvalue weighted by molar-refractivity contribution is 5.66. The van der Waals surface area contributed by atoms with Crippen LogP contribution in [0.15, 0.2) is 24.3 Å². The third-order valence-electron chi connectivity index (χ3n) is 3.82. The zero-order valence-corrected chi connectivity index (χ0v) is 14.6. The van der Waals surface area contributed by atoms with E-state index in [1.54, 1.807) is 0 Å². The molecule has 2 nitrogen and oxygen atoms in total. The number of carboxylic acid groups (broad SMARTS) is 1. The van der Waals surface area contributed by atoms with Gasteiger partial charge < -0.3 is 5.11 Å². The molecule has 0 heterocycles. The molecule has 0 radical (unpaired) electrons. The molecule has 0 saturated carbocycles. The van der Waals surface area contributed by atoms with Crippen LogP contribution >= 0.6 is 0 Å². The lowest BCUT2D eigenvalue weighted by molar-refractivity contribution is -0.136. The number of hydrogen-bond donors (Lipinski definition) is 1. The first-order chi connectivity index (χ1) is 10.8. The second-order valence-electron chi connectivity index (χ2n) is 6.07. The van der Waals surface area contributed by atoms with Crippen LogP contribution in [0.5, 0.6) is 0 Å². The standard InChI is InChI=1S/C20H36O2/c1-2-3-4-5-6-7-8-9-10-11-12-13-14-15-16-17-18-19-20(21)22/h8-9,16-17H,2-7,10-15,18-19H2,1H3,(H,21,22)/b9-8+,17-16+. The molecule has 0 atom stereocenters. The van der Waals surface area contributed by atoms with Crippen molar-refractivity contribution in [2.45, 2.75) is 96.8 Å². The highest BCUT2D eigenvalue weighted by atomic mass is 16.4. The summed E-state index contributed by atoms with van der Waals surface area (Å²) < 4.78 is 0. The molecule has 0 aromatic carbocycles. The van der Waals surface area contributed by atoms with Crippen LogP contribution in [0.4, 0.5) is 0 Å². The monoisotopic (exact) mass is 308 g/mol. The Morgan fingerprint density at radius 3 is 1.50 bits per heavy atom. The normalized spacial score (nSPS) is 11.7. The maximum atomic E-state index is 10.3. The lowest BCUT2D eigenvalue weighted by Crippen LogP contribution is -1.91. The minimum Gasteiger partial charge on any atom is -0.481 e. The molecule has 128 valence electrons. The molecular weight excluding hydrogens is 272 g/mol. The Bertz CT molecular complexity index is 292. The lowest BCUT2D eigenvalue weighted by Gasteiger charge is -1.98. The molecule has 0 aromatic heterocycles. The summed E-state index contributed by atoms with van der Waals surface area (Å²) in [6, 6.07) is 0. The SMILES string of the molecule is CCCCCCC/C=C/CCCCCC/C=C/CCC(=O)O. The average Bonchev–Trinajstić information content (AvgIpc) is 2.50. The van der Waals surface area contributed by atoms with Gasteiger partial charge in [0.15, 0.2) is 0 Å². The van der Waals surface area contributed by atoms with Crippen LogP contribution in [-0.2, 0) is 4.79 Å². The molecule has 0 aliphatic carbocycles. The number of hydrogen-bond acceptors (Lipinski definition) is 1. The van der Waals surface area contributed by atoms with E-state index < -0.39 is 5.97 Å². The molecule has 22 heavy (non-hydrogen) atoms. The summed E-state index contributed by atoms with van der Waals surface area (Å²) in [5.41, 5.74) is 0. The Balaban J connectivity index is 3.15. The molecule has 0 aliphatic rings. The number of carbonyl (C=O) groups is 1. The Morgan fingerprint density at radius 2 is 1.09 bits per heavy atom. The predicted molar refractivity (Wildman–Crippen MR) is 96.2 cm³/mol. The van der Waals surface area contributed by atoms with Gasteiger partial charge in [-0.2, -0.15) is 0 Å². The smallest absolute Gasteiger partial charge is 0.303 e. The first kappa shape index (κ1) is 20.9. The van der Waals surface area contributed by atoms with Crippen LogP contribution in [0.25, 0.3) is 0 Å². The summed E-state index contributed by atoms with van der Waals surface area (Å²) in [7, 11) is 0. The first-order valence-corrected chi connectivity index (χ1v) is 9.29. The second kappa shape index (κ2) is 18.0. The molecule has 0 fully saturated rings. The minimum atomic E-state index is -0.710. The van der Waals surface area contributed by atoms with Gasteiger partial charge in [-0.15, -0.1) is 0 Å². The molecule has 0 unspecified atom stereocenters. The fourth-order valence-electron chi connectivity index (χ4n) is 2.42. The van der Waals surface area contributed by atoms with Crippen LogP contribution in [0, 0.1) is 0 Å². The number of carboxylic acids is 1. The predicted octanol–water partition coefficient (Wildman–Crippen LogP) is 6.66. The van der Waals surface area contributed by atoms with Crippen molar-refractivity contribution in [2.75, 3.05) is 0 Å². The van der Waals surface area contributed by atoms with Crippen LogP contribution in [-0.4, -0.2) is 11.1 Å². The van der Waals surface area contributed by atoms with Crippen molar-refractivity contribution in [3.8, 4) is 0 Å². The van der Waals surface area contributed by atoms with Gasteiger partial charge in [0.1, 0.15) is 0 Å². The number of allylic oxidation sites excluding steroid dienone is 4. The van der Waals surface area contributed by atoms with E-state index in [1.807, 2.05) is 6.08 Å². The van der Waals surface area contributed by atoms with Crippen LogP contribution in [0.2, 0.25) is 0 Å². The molecule has 0 bridgehead atoms. The molecule has 1 N–H and O–H groups in total. The van der Waals surface area contributed by atoms with Gasteiger partial charge in [-0.3, -0.25) is 4.79 Å². The lowest BCUT2D eigenvalue weighted by atomic mass is 10.1. The molecule has 0 saturated heterocycles. The molecule has 0 rings (SSSR count). The topological polar surface area (TPSA) is 37.3 Å². The van der Waals surface area contributed by atoms with Gasteiger partial charge in [0.05, 0.1) is 0 Å². The van der Waals surface area contributed by atoms with E-state index in [9.17, 15) is 4.79 Å². The van der Waals surface area contributed by atoms with Crippen LogP contribution < -0.4 is 0 Å². The molecule has 0 spiro atoms. The second-order valence-corrected chi connectivity index (χ2v) is 6.07. The highest BCUT2D eigenvalue weighted by Crippen LogP contribution is 2.08. The summed E-state index contributed by atoms with van der Waals surface area (Å²) in [6.07, 6.45) is 25.3.